The highest BCUT2D eigenvalue weighted by Gasteiger charge is 2.23. The Kier molecular flexibility index (Phi) is 3.64. The van der Waals surface area contributed by atoms with Gasteiger partial charge >= 0.3 is 0 Å². The molecule has 1 N–H and O–H groups in total. The fraction of sp³-hybridized carbons (Fsp3) is 0.417. The molecule has 2 rings (SSSR count). The summed E-state index contributed by atoms with van der Waals surface area (Å²) in [4.78, 5) is 13.6. The van der Waals surface area contributed by atoms with Gasteiger partial charge in [-0.05, 0) is 31.0 Å². The van der Waals surface area contributed by atoms with Crippen LogP contribution in [0.4, 0.5) is 4.39 Å². The van der Waals surface area contributed by atoms with Crippen LogP contribution in [0.5, 0.6) is 0 Å². The molecule has 1 aromatic rings. The molecule has 0 saturated carbocycles. The zero-order valence-corrected chi connectivity index (χ0v) is 9.95. The molecule has 3 nitrogen and oxygen atoms in total. The Morgan fingerprint density at radius 3 is 2.94 bits per heavy atom. The molecule has 0 radical (unpaired) electrons. The minimum atomic E-state index is -0.602. The van der Waals surface area contributed by atoms with E-state index in [1.807, 2.05) is 0 Å². The number of amides is 1. The van der Waals surface area contributed by atoms with Crippen LogP contribution in [0.15, 0.2) is 18.2 Å². The molecule has 1 aliphatic heterocycles. The Labute approximate surface area is 104 Å². The van der Waals surface area contributed by atoms with E-state index in [0.29, 0.717) is 19.5 Å². The average molecular weight is 258 g/mol. The SMILES string of the molecule is O=C(c1ccc(Cl)c(F)c1)N1CCC[C@H](O)C1. The Morgan fingerprint density at radius 1 is 1.53 bits per heavy atom. The van der Waals surface area contributed by atoms with Crippen molar-refractivity contribution in [1.29, 1.82) is 0 Å². The van der Waals surface area contributed by atoms with Crippen molar-refractivity contribution in [3.05, 3.63) is 34.6 Å². The molecule has 1 aliphatic rings. The van der Waals surface area contributed by atoms with Gasteiger partial charge in [0, 0.05) is 18.7 Å². The second-order valence-electron chi connectivity index (χ2n) is 4.18. The van der Waals surface area contributed by atoms with Gasteiger partial charge in [-0.2, -0.15) is 0 Å². The van der Waals surface area contributed by atoms with Crippen LogP contribution < -0.4 is 0 Å². The minimum Gasteiger partial charge on any atom is -0.391 e. The maximum Gasteiger partial charge on any atom is 0.254 e. The Bertz CT molecular complexity index is 439. The number of rotatable bonds is 1. The molecular formula is C12H13ClFNO2. The number of nitrogens with zero attached hydrogens (tertiary/aromatic N) is 1. The molecule has 1 aromatic carbocycles. The molecule has 0 unspecified atom stereocenters. The predicted octanol–water partition coefficient (Wildman–Crippen LogP) is 2.08. The molecule has 0 bridgehead atoms. The van der Waals surface area contributed by atoms with Crippen LogP contribution in [0, 0.1) is 5.82 Å². The van der Waals surface area contributed by atoms with E-state index < -0.39 is 11.9 Å². The summed E-state index contributed by atoms with van der Waals surface area (Å²) in [5, 5.41) is 9.49. The first-order valence-electron chi connectivity index (χ1n) is 5.50. The standard InChI is InChI=1S/C12H13ClFNO2/c13-10-4-3-8(6-11(10)14)12(17)15-5-1-2-9(16)7-15/h3-4,6,9,16H,1-2,5,7H2/t9-/m0/s1. The van der Waals surface area contributed by atoms with Crippen LogP contribution in [0.25, 0.3) is 0 Å². The summed E-state index contributed by atoms with van der Waals surface area (Å²) in [5.74, 6) is -0.866. The Balaban J connectivity index is 2.15. The third-order valence-electron chi connectivity index (χ3n) is 2.85. The second kappa shape index (κ2) is 5.02. The molecule has 1 atom stereocenters. The molecule has 5 heteroatoms. The van der Waals surface area contributed by atoms with Gasteiger partial charge in [-0.3, -0.25) is 4.79 Å². The quantitative estimate of drug-likeness (QED) is 0.837. The van der Waals surface area contributed by atoms with Crippen molar-refractivity contribution in [3.8, 4) is 0 Å². The van der Waals surface area contributed by atoms with Gasteiger partial charge in [-0.15, -0.1) is 0 Å². The van der Waals surface area contributed by atoms with Crippen molar-refractivity contribution in [2.24, 2.45) is 0 Å². The summed E-state index contributed by atoms with van der Waals surface area (Å²) in [6.45, 7) is 0.906. The highest BCUT2D eigenvalue weighted by Crippen LogP contribution is 2.18. The van der Waals surface area contributed by atoms with E-state index in [0.717, 1.165) is 12.5 Å². The zero-order chi connectivity index (χ0) is 12.4. The summed E-state index contributed by atoms with van der Waals surface area (Å²) in [7, 11) is 0. The number of hydrogen-bond donors (Lipinski definition) is 1. The molecule has 0 spiro atoms. The Morgan fingerprint density at radius 2 is 2.29 bits per heavy atom. The average Bonchev–Trinajstić information content (AvgIpc) is 2.32. The van der Waals surface area contributed by atoms with E-state index in [4.69, 9.17) is 11.6 Å². The van der Waals surface area contributed by atoms with Crippen molar-refractivity contribution in [2.75, 3.05) is 13.1 Å². The van der Waals surface area contributed by atoms with Crippen LogP contribution in [0.2, 0.25) is 5.02 Å². The van der Waals surface area contributed by atoms with Crippen LogP contribution in [-0.2, 0) is 0 Å². The summed E-state index contributed by atoms with van der Waals surface area (Å²) < 4.78 is 13.2. The van der Waals surface area contributed by atoms with Gasteiger partial charge in [0.1, 0.15) is 5.82 Å². The number of piperidine rings is 1. The monoisotopic (exact) mass is 257 g/mol. The topological polar surface area (TPSA) is 40.5 Å². The van der Waals surface area contributed by atoms with E-state index >= 15 is 0 Å². The first-order chi connectivity index (χ1) is 8.08. The van der Waals surface area contributed by atoms with Crippen molar-refractivity contribution in [3.63, 3.8) is 0 Å². The summed E-state index contributed by atoms with van der Waals surface area (Å²) in [5.41, 5.74) is 0.265. The molecule has 1 saturated heterocycles. The van der Waals surface area contributed by atoms with Gasteiger partial charge in [0.05, 0.1) is 11.1 Å². The predicted molar refractivity (Wildman–Crippen MR) is 62.6 cm³/mol. The summed E-state index contributed by atoms with van der Waals surface area (Å²) >= 11 is 5.55. The van der Waals surface area contributed by atoms with E-state index in [9.17, 15) is 14.3 Å². The number of β-amino-alcohol motifs (C(OH)–C–C–N with tert-alkyl or cyclic N) is 1. The first-order valence-corrected chi connectivity index (χ1v) is 5.88. The van der Waals surface area contributed by atoms with E-state index in [1.54, 1.807) is 0 Å². The fourth-order valence-corrected chi connectivity index (χ4v) is 2.07. The molecule has 1 fully saturated rings. The number of halogens is 2. The molecule has 0 aromatic heterocycles. The van der Waals surface area contributed by atoms with Crippen molar-refractivity contribution in [1.82, 2.24) is 4.90 Å². The highest BCUT2D eigenvalue weighted by molar-refractivity contribution is 6.30. The first kappa shape index (κ1) is 12.3. The number of likely N-dealkylation sites (tertiary alicyclic amines) is 1. The van der Waals surface area contributed by atoms with Gasteiger partial charge in [0.25, 0.3) is 5.91 Å². The third-order valence-corrected chi connectivity index (χ3v) is 3.16. The second-order valence-corrected chi connectivity index (χ2v) is 4.58. The number of aliphatic hydroxyl groups is 1. The molecule has 0 aliphatic carbocycles. The van der Waals surface area contributed by atoms with Gasteiger partial charge in [0.15, 0.2) is 0 Å². The third kappa shape index (κ3) is 2.76. The van der Waals surface area contributed by atoms with Crippen molar-refractivity contribution >= 4 is 17.5 Å². The van der Waals surface area contributed by atoms with Gasteiger partial charge in [0.2, 0.25) is 0 Å². The fourth-order valence-electron chi connectivity index (χ4n) is 1.95. The molecule has 17 heavy (non-hydrogen) atoms. The zero-order valence-electron chi connectivity index (χ0n) is 9.20. The molecule has 1 heterocycles. The lowest BCUT2D eigenvalue weighted by molar-refractivity contribution is 0.0473. The minimum absolute atomic E-state index is 0.000212. The number of carbonyl (C=O) groups excluding carboxylic acids is 1. The van der Waals surface area contributed by atoms with E-state index in [-0.39, 0.29) is 16.5 Å². The van der Waals surface area contributed by atoms with E-state index in [2.05, 4.69) is 0 Å². The van der Waals surface area contributed by atoms with E-state index in [1.165, 1.54) is 17.0 Å². The van der Waals surface area contributed by atoms with Gasteiger partial charge in [-0.1, -0.05) is 11.6 Å². The number of benzene rings is 1. The summed E-state index contributed by atoms with van der Waals surface area (Å²) in [6, 6.07) is 3.99. The molecule has 92 valence electrons. The lowest BCUT2D eigenvalue weighted by atomic mass is 10.1. The van der Waals surface area contributed by atoms with Crippen molar-refractivity contribution in [2.45, 2.75) is 18.9 Å². The van der Waals surface area contributed by atoms with Crippen LogP contribution in [0.3, 0.4) is 0 Å². The van der Waals surface area contributed by atoms with Crippen molar-refractivity contribution < 1.29 is 14.3 Å². The smallest absolute Gasteiger partial charge is 0.254 e. The molecule has 1 amide bonds. The lowest BCUT2D eigenvalue weighted by Crippen LogP contribution is -2.42. The van der Waals surface area contributed by atoms with Crippen LogP contribution in [-0.4, -0.2) is 35.1 Å². The van der Waals surface area contributed by atoms with Gasteiger partial charge < -0.3 is 10.0 Å². The number of carbonyl (C=O) groups is 1. The van der Waals surface area contributed by atoms with Crippen LogP contribution in [0.1, 0.15) is 23.2 Å². The summed E-state index contributed by atoms with van der Waals surface area (Å²) in [6.07, 6.45) is 0.992. The maximum absolute atomic E-state index is 13.2. The lowest BCUT2D eigenvalue weighted by Gasteiger charge is -2.30. The maximum atomic E-state index is 13.2. The Hall–Kier alpha value is -1.13. The number of hydrogen-bond acceptors (Lipinski definition) is 2. The van der Waals surface area contributed by atoms with Gasteiger partial charge in [-0.25, -0.2) is 4.39 Å². The molecular weight excluding hydrogens is 245 g/mol. The number of aliphatic hydroxyl groups excluding tert-OH is 1. The largest absolute Gasteiger partial charge is 0.391 e. The van der Waals surface area contributed by atoms with Crippen LogP contribution >= 0.6 is 11.6 Å². The normalized spacial score (nSPS) is 20.4. The highest BCUT2D eigenvalue weighted by atomic mass is 35.5.